The zero-order valence-corrected chi connectivity index (χ0v) is 6.37. The van der Waals surface area contributed by atoms with Crippen LogP contribution in [-0.2, 0) is 0 Å². The minimum atomic E-state index is 0.444. The smallest absolute Gasteiger partial charge is 0.172 e. The molecule has 0 spiro atoms. The molecule has 2 nitrogen and oxygen atoms in total. The number of hydrogen-bond acceptors (Lipinski definition) is 2. The van der Waals surface area contributed by atoms with E-state index >= 15 is 0 Å². The molecule has 1 N–H and O–H groups in total. The van der Waals surface area contributed by atoms with Crippen molar-refractivity contribution >= 4 is 5.57 Å². The Labute approximate surface area is 65.7 Å². The van der Waals surface area contributed by atoms with Gasteiger partial charge in [0.2, 0.25) is 0 Å². The molecule has 0 aromatic heterocycles. The van der Waals surface area contributed by atoms with Crippen LogP contribution in [0, 0.1) is 0 Å². The van der Waals surface area contributed by atoms with E-state index < -0.39 is 0 Å². The summed E-state index contributed by atoms with van der Waals surface area (Å²) in [5, 5.41) is 8.43. The third-order valence-electron chi connectivity index (χ3n) is 1.45. The summed E-state index contributed by atoms with van der Waals surface area (Å²) in [6.45, 7) is 5.60. The molecule has 0 aliphatic carbocycles. The quantitative estimate of drug-likeness (QED) is 0.518. The van der Waals surface area contributed by atoms with Crippen LogP contribution in [0.3, 0.4) is 0 Å². The van der Waals surface area contributed by atoms with Crippen molar-refractivity contribution in [3.63, 3.8) is 0 Å². The van der Waals surface area contributed by atoms with Crippen LogP contribution >= 0.6 is 0 Å². The Bertz CT molecular complexity index is 266. The SMILES string of the molecule is C=C(C)c1ccccc1OO. The monoisotopic (exact) mass is 150 g/mol. The number of allylic oxidation sites excluding steroid dienone is 1. The van der Waals surface area contributed by atoms with E-state index in [0.29, 0.717) is 5.75 Å². The average molecular weight is 150 g/mol. The maximum absolute atomic E-state index is 8.43. The van der Waals surface area contributed by atoms with Crippen molar-refractivity contribution in [1.29, 1.82) is 0 Å². The van der Waals surface area contributed by atoms with Crippen LogP contribution in [0.1, 0.15) is 12.5 Å². The number of rotatable bonds is 2. The summed E-state index contributed by atoms with van der Waals surface area (Å²) >= 11 is 0. The fourth-order valence-electron chi connectivity index (χ4n) is 0.899. The Balaban J connectivity index is 3.12. The molecule has 0 saturated heterocycles. The van der Waals surface area contributed by atoms with Gasteiger partial charge in [-0.05, 0) is 18.6 Å². The number of para-hydroxylation sites is 1. The molecule has 0 fully saturated rings. The minimum absolute atomic E-state index is 0.444. The highest BCUT2D eigenvalue weighted by atomic mass is 17.1. The summed E-state index contributed by atoms with van der Waals surface area (Å²) in [4.78, 5) is 4.15. The first-order valence-corrected chi connectivity index (χ1v) is 3.32. The van der Waals surface area contributed by atoms with E-state index in [1.807, 2.05) is 19.1 Å². The van der Waals surface area contributed by atoms with Crippen LogP contribution in [0.2, 0.25) is 0 Å². The molecule has 0 amide bonds. The van der Waals surface area contributed by atoms with Gasteiger partial charge in [-0.25, -0.2) is 5.26 Å². The highest BCUT2D eigenvalue weighted by Gasteiger charge is 2.01. The molecule has 0 saturated carbocycles. The maximum atomic E-state index is 8.43. The second kappa shape index (κ2) is 3.21. The lowest BCUT2D eigenvalue weighted by Gasteiger charge is -2.03. The van der Waals surface area contributed by atoms with E-state index in [9.17, 15) is 0 Å². The van der Waals surface area contributed by atoms with Crippen molar-refractivity contribution in [1.82, 2.24) is 0 Å². The molecule has 2 heteroatoms. The minimum Gasteiger partial charge on any atom is -0.340 e. The fraction of sp³-hybridized carbons (Fsp3) is 0.111. The predicted octanol–water partition coefficient (Wildman–Crippen LogP) is 2.57. The topological polar surface area (TPSA) is 29.5 Å². The molecule has 0 radical (unpaired) electrons. The van der Waals surface area contributed by atoms with Gasteiger partial charge in [-0.15, -0.1) is 0 Å². The van der Waals surface area contributed by atoms with Crippen molar-refractivity contribution in [3.8, 4) is 5.75 Å². The first kappa shape index (κ1) is 7.82. The zero-order chi connectivity index (χ0) is 8.27. The van der Waals surface area contributed by atoms with Crippen LogP contribution < -0.4 is 4.89 Å². The lowest BCUT2D eigenvalue weighted by Crippen LogP contribution is -1.88. The molecule has 0 aliphatic rings. The lowest BCUT2D eigenvalue weighted by molar-refractivity contribution is -0.137. The van der Waals surface area contributed by atoms with Crippen molar-refractivity contribution in [2.24, 2.45) is 0 Å². The molecule has 1 rings (SSSR count). The molecule has 1 aromatic carbocycles. The predicted molar refractivity (Wildman–Crippen MR) is 44.4 cm³/mol. The molecule has 0 atom stereocenters. The molecule has 0 bridgehead atoms. The second-order valence-electron chi connectivity index (χ2n) is 2.37. The van der Waals surface area contributed by atoms with E-state index in [-0.39, 0.29) is 0 Å². The standard InChI is InChI=1S/C9H10O2/c1-7(2)8-5-3-4-6-9(8)11-10/h3-6,10H,1H2,2H3. The maximum Gasteiger partial charge on any atom is 0.172 e. The number of hydrogen-bond donors (Lipinski definition) is 1. The van der Waals surface area contributed by atoms with Crippen LogP contribution in [0.4, 0.5) is 0 Å². The molecular formula is C9H10O2. The van der Waals surface area contributed by atoms with Crippen LogP contribution in [0.25, 0.3) is 5.57 Å². The van der Waals surface area contributed by atoms with Crippen molar-refractivity contribution < 1.29 is 10.1 Å². The zero-order valence-electron chi connectivity index (χ0n) is 6.37. The van der Waals surface area contributed by atoms with Crippen LogP contribution in [-0.4, -0.2) is 5.26 Å². The molecule has 58 valence electrons. The third-order valence-corrected chi connectivity index (χ3v) is 1.45. The summed E-state index contributed by atoms with van der Waals surface area (Å²) in [6, 6.07) is 7.18. The molecule has 0 heterocycles. The Kier molecular flexibility index (Phi) is 2.28. The highest BCUT2D eigenvalue weighted by Crippen LogP contribution is 2.23. The van der Waals surface area contributed by atoms with E-state index in [0.717, 1.165) is 11.1 Å². The van der Waals surface area contributed by atoms with Gasteiger partial charge in [-0.2, -0.15) is 0 Å². The molecule has 11 heavy (non-hydrogen) atoms. The summed E-state index contributed by atoms with van der Waals surface area (Å²) in [5.74, 6) is 0.444. The van der Waals surface area contributed by atoms with Gasteiger partial charge in [0.1, 0.15) is 0 Å². The normalized spacial score (nSPS) is 9.27. The van der Waals surface area contributed by atoms with Gasteiger partial charge in [0.05, 0.1) is 0 Å². The van der Waals surface area contributed by atoms with Gasteiger partial charge in [0, 0.05) is 5.56 Å². The summed E-state index contributed by atoms with van der Waals surface area (Å²) < 4.78 is 0. The van der Waals surface area contributed by atoms with E-state index in [4.69, 9.17) is 5.26 Å². The van der Waals surface area contributed by atoms with Crippen molar-refractivity contribution in [3.05, 3.63) is 36.4 Å². The van der Waals surface area contributed by atoms with Crippen LogP contribution in [0.15, 0.2) is 30.8 Å². The molecule has 0 aliphatic heterocycles. The summed E-state index contributed by atoms with van der Waals surface area (Å²) in [5.41, 5.74) is 1.70. The van der Waals surface area contributed by atoms with Gasteiger partial charge in [0.15, 0.2) is 5.75 Å². The second-order valence-corrected chi connectivity index (χ2v) is 2.37. The summed E-state index contributed by atoms with van der Waals surface area (Å²) in [7, 11) is 0. The van der Waals surface area contributed by atoms with E-state index in [2.05, 4.69) is 11.5 Å². The summed E-state index contributed by atoms with van der Waals surface area (Å²) in [6.07, 6.45) is 0. The first-order chi connectivity index (χ1) is 5.25. The van der Waals surface area contributed by atoms with Gasteiger partial charge in [-0.3, -0.25) is 0 Å². The Hall–Kier alpha value is -1.28. The highest BCUT2D eigenvalue weighted by molar-refractivity contribution is 5.66. The van der Waals surface area contributed by atoms with Gasteiger partial charge >= 0.3 is 0 Å². The Morgan fingerprint density at radius 2 is 2.09 bits per heavy atom. The largest absolute Gasteiger partial charge is 0.340 e. The Morgan fingerprint density at radius 3 is 2.55 bits per heavy atom. The van der Waals surface area contributed by atoms with Crippen molar-refractivity contribution in [2.75, 3.05) is 0 Å². The van der Waals surface area contributed by atoms with Crippen LogP contribution in [0.5, 0.6) is 5.75 Å². The fourth-order valence-corrected chi connectivity index (χ4v) is 0.899. The van der Waals surface area contributed by atoms with Crippen molar-refractivity contribution in [2.45, 2.75) is 6.92 Å². The molecule has 0 unspecified atom stereocenters. The first-order valence-electron chi connectivity index (χ1n) is 3.32. The lowest BCUT2D eigenvalue weighted by atomic mass is 10.1. The Morgan fingerprint density at radius 1 is 1.45 bits per heavy atom. The third kappa shape index (κ3) is 1.59. The van der Waals surface area contributed by atoms with Gasteiger partial charge < -0.3 is 4.89 Å². The van der Waals surface area contributed by atoms with Gasteiger partial charge in [-0.1, -0.05) is 24.8 Å². The van der Waals surface area contributed by atoms with Gasteiger partial charge in [0.25, 0.3) is 0 Å². The average Bonchev–Trinajstić information content (AvgIpc) is 2.04. The molecule has 1 aromatic rings. The van der Waals surface area contributed by atoms with E-state index in [1.165, 1.54) is 0 Å². The van der Waals surface area contributed by atoms with E-state index in [1.54, 1.807) is 12.1 Å². The molecular weight excluding hydrogens is 140 g/mol. The number of benzene rings is 1.